The molecule has 0 bridgehead atoms. The van der Waals surface area contributed by atoms with E-state index in [1.54, 1.807) is 0 Å². The third-order valence-electron chi connectivity index (χ3n) is 14.5. The molecule has 10 aromatic carbocycles. The maximum atomic E-state index is 6.81. The highest BCUT2D eigenvalue weighted by atomic mass is 28.3. The molecule has 0 aliphatic carbocycles. The zero-order chi connectivity index (χ0) is 42.7. The topological polar surface area (TPSA) is 19.1 Å². The number of aromatic nitrogens is 2. The van der Waals surface area contributed by atoms with E-state index >= 15 is 0 Å². The molecule has 0 saturated carbocycles. The number of hydrogen-bond acceptors (Lipinski definition) is 1. The first kappa shape index (κ1) is 36.3. The van der Waals surface area contributed by atoms with Gasteiger partial charge in [0.1, 0.15) is 11.5 Å². The summed E-state index contributed by atoms with van der Waals surface area (Å²) in [7, 11) is -3.11. The number of rotatable bonds is 5. The molecule has 2 aliphatic rings. The van der Waals surface area contributed by atoms with Crippen molar-refractivity contribution in [3.63, 3.8) is 0 Å². The Morgan fingerprint density at radius 1 is 0.323 bits per heavy atom. The van der Waals surface area contributed by atoms with Gasteiger partial charge in [-0.2, -0.15) is 0 Å². The summed E-state index contributed by atoms with van der Waals surface area (Å²) in [5.41, 5.74) is 11.4. The molecule has 0 N–H and O–H groups in total. The second-order valence-electron chi connectivity index (χ2n) is 17.5. The number of fused-ring (bicyclic) bond motifs is 14. The summed E-state index contributed by atoms with van der Waals surface area (Å²) < 4.78 is 11.8. The highest BCUT2D eigenvalue weighted by molar-refractivity contribution is 7.20. The Morgan fingerprint density at radius 2 is 0.815 bits per heavy atom. The van der Waals surface area contributed by atoms with Gasteiger partial charge in [-0.05, 0) is 80.4 Å². The van der Waals surface area contributed by atoms with Crippen molar-refractivity contribution in [2.75, 3.05) is 0 Å². The maximum Gasteiger partial charge on any atom is 0.179 e. The lowest BCUT2D eigenvalue weighted by Gasteiger charge is -2.45. The van der Waals surface area contributed by atoms with Gasteiger partial charge in [0.25, 0.3) is 0 Å². The van der Waals surface area contributed by atoms with Crippen LogP contribution in [0.25, 0.3) is 55.0 Å². The number of ether oxygens (including phenoxy) is 1. The minimum atomic E-state index is -3.11. The average molecular weight is 845 g/mol. The van der Waals surface area contributed by atoms with Gasteiger partial charge in [-0.3, -0.25) is 0 Å². The largest absolute Gasteiger partial charge is 0.457 e. The van der Waals surface area contributed by atoms with Crippen molar-refractivity contribution < 1.29 is 4.74 Å². The zero-order valence-corrected chi connectivity index (χ0v) is 36.4. The third kappa shape index (κ3) is 4.78. The van der Waals surface area contributed by atoms with Crippen LogP contribution in [-0.2, 0) is 5.41 Å². The lowest BCUT2D eigenvalue weighted by molar-refractivity contribution is 0.434. The van der Waals surface area contributed by atoms with Crippen molar-refractivity contribution in [3.05, 3.63) is 265 Å². The SMILES string of the molecule is c1ccc(-n2c3ccccc3c3cc([Si](c4ccccc4)(c4ccccc4)c4ccc5c(c4)-n4c6ccccc6c6cccc(c64)C54c5ccccc5Oc5ccccc54)ccc32)cc1. The molecular formula is C61H40N2OSi. The number of nitrogens with zero attached hydrogens (tertiary/aromatic N) is 2. The van der Waals surface area contributed by atoms with Crippen molar-refractivity contribution in [2.45, 2.75) is 5.41 Å². The fourth-order valence-corrected chi connectivity index (χ4v) is 16.8. The molecule has 1 spiro atoms. The van der Waals surface area contributed by atoms with Crippen molar-refractivity contribution in [1.29, 1.82) is 0 Å². The highest BCUT2D eigenvalue weighted by Gasteiger charge is 2.51. The summed E-state index contributed by atoms with van der Waals surface area (Å²) in [6.45, 7) is 0. The molecule has 4 heteroatoms. The van der Waals surface area contributed by atoms with Crippen LogP contribution in [0.5, 0.6) is 11.5 Å². The molecule has 2 aliphatic heterocycles. The molecule has 0 fully saturated rings. The Labute approximate surface area is 377 Å². The Kier molecular flexibility index (Phi) is 7.63. The van der Waals surface area contributed by atoms with Gasteiger partial charge in [0.2, 0.25) is 0 Å². The van der Waals surface area contributed by atoms with Crippen LogP contribution in [0.4, 0.5) is 0 Å². The molecule has 12 aromatic rings. The molecule has 0 radical (unpaired) electrons. The first-order chi connectivity index (χ1) is 32.3. The lowest BCUT2D eigenvalue weighted by Crippen LogP contribution is -2.74. The van der Waals surface area contributed by atoms with Gasteiger partial charge < -0.3 is 13.9 Å². The molecular weight excluding hydrogens is 805 g/mol. The van der Waals surface area contributed by atoms with E-state index < -0.39 is 13.5 Å². The molecule has 4 heterocycles. The van der Waals surface area contributed by atoms with Crippen LogP contribution in [-0.4, -0.2) is 17.2 Å². The molecule has 0 unspecified atom stereocenters. The van der Waals surface area contributed by atoms with Crippen LogP contribution in [0.3, 0.4) is 0 Å². The van der Waals surface area contributed by atoms with Gasteiger partial charge in [-0.25, -0.2) is 0 Å². The smallest absolute Gasteiger partial charge is 0.179 e. The number of hydrogen-bond donors (Lipinski definition) is 0. The molecule has 3 nitrogen and oxygen atoms in total. The first-order valence-electron chi connectivity index (χ1n) is 22.5. The summed E-state index contributed by atoms with van der Waals surface area (Å²) in [5, 5.41) is 10.4. The minimum absolute atomic E-state index is 0.648. The third-order valence-corrected chi connectivity index (χ3v) is 19.3. The molecule has 0 atom stereocenters. The summed E-state index contributed by atoms with van der Waals surface area (Å²) in [6, 6.07) is 90.5. The standard InChI is InChI=1S/C61H40N2OSi/c1-4-19-41(20-5-1)62-54-31-14-11-26-47(54)49-39-44(36-38-56(49)62)65(42-21-6-2-7-22-42,43-23-8-3-9-24-43)45-35-37-50-57(40-45)63-55-32-15-10-25-46(55)48-27-18-30-53(60(48)63)61(50)51-28-12-16-33-58(51)64-59-34-17-13-29-52(59)61/h1-40H. The quantitative estimate of drug-likeness (QED) is 0.125. The molecule has 0 saturated heterocycles. The van der Waals surface area contributed by atoms with Crippen LogP contribution in [0, 0.1) is 0 Å². The maximum absolute atomic E-state index is 6.81. The second-order valence-corrected chi connectivity index (χ2v) is 21.3. The summed E-state index contributed by atoms with van der Waals surface area (Å²) in [5.74, 6) is 1.78. The van der Waals surface area contributed by atoms with Crippen LogP contribution < -0.4 is 25.5 Å². The van der Waals surface area contributed by atoms with E-state index in [2.05, 4.69) is 252 Å². The lowest BCUT2D eigenvalue weighted by atomic mass is 9.62. The number of para-hydroxylation sites is 6. The van der Waals surface area contributed by atoms with Gasteiger partial charge in [-0.1, -0.05) is 194 Å². The fourth-order valence-electron chi connectivity index (χ4n) is 12.0. The summed E-state index contributed by atoms with van der Waals surface area (Å²) >= 11 is 0. The van der Waals surface area contributed by atoms with E-state index in [-0.39, 0.29) is 0 Å². The van der Waals surface area contributed by atoms with E-state index in [9.17, 15) is 0 Å². The van der Waals surface area contributed by atoms with Crippen LogP contribution >= 0.6 is 0 Å². The molecule has 14 rings (SSSR count). The Hall–Kier alpha value is -8.18. The second kappa shape index (κ2) is 13.7. The first-order valence-corrected chi connectivity index (χ1v) is 24.5. The van der Waals surface area contributed by atoms with Crippen molar-refractivity contribution in [3.8, 4) is 22.9 Å². The predicted molar refractivity (Wildman–Crippen MR) is 271 cm³/mol. The molecule has 65 heavy (non-hydrogen) atoms. The monoisotopic (exact) mass is 844 g/mol. The van der Waals surface area contributed by atoms with Crippen LogP contribution in [0.15, 0.2) is 243 Å². The van der Waals surface area contributed by atoms with E-state index in [1.807, 2.05) is 0 Å². The van der Waals surface area contributed by atoms with Crippen molar-refractivity contribution in [1.82, 2.24) is 9.13 Å². The van der Waals surface area contributed by atoms with Gasteiger partial charge in [0.05, 0.1) is 33.2 Å². The van der Waals surface area contributed by atoms with Crippen molar-refractivity contribution in [2.24, 2.45) is 0 Å². The summed E-state index contributed by atoms with van der Waals surface area (Å²) in [4.78, 5) is 0. The predicted octanol–water partition coefficient (Wildman–Crippen LogP) is 12.1. The van der Waals surface area contributed by atoms with Gasteiger partial charge in [0, 0.05) is 38.4 Å². The van der Waals surface area contributed by atoms with Crippen LogP contribution in [0.2, 0.25) is 0 Å². The average Bonchev–Trinajstić information content (AvgIpc) is 3.90. The van der Waals surface area contributed by atoms with Crippen molar-refractivity contribution >= 4 is 72.4 Å². The zero-order valence-electron chi connectivity index (χ0n) is 35.4. The normalized spacial score (nSPS) is 13.5. The fraction of sp³-hybridized carbons (Fsp3) is 0.0164. The Balaban J connectivity index is 1.14. The molecule has 304 valence electrons. The Morgan fingerprint density at radius 3 is 1.49 bits per heavy atom. The van der Waals surface area contributed by atoms with Gasteiger partial charge >= 0.3 is 0 Å². The van der Waals surface area contributed by atoms with Gasteiger partial charge in [0.15, 0.2) is 8.07 Å². The van der Waals surface area contributed by atoms with E-state index in [0.717, 1.165) is 28.3 Å². The van der Waals surface area contributed by atoms with E-state index in [1.165, 1.54) is 81.2 Å². The van der Waals surface area contributed by atoms with E-state index in [0.29, 0.717) is 0 Å². The number of benzene rings is 10. The molecule has 2 aromatic heterocycles. The van der Waals surface area contributed by atoms with Gasteiger partial charge in [-0.15, -0.1) is 0 Å². The Bertz CT molecular complexity index is 3780. The molecule has 0 amide bonds. The van der Waals surface area contributed by atoms with Crippen LogP contribution in [0.1, 0.15) is 22.3 Å². The summed E-state index contributed by atoms with van der Waals surface area (Å²) in [6.07, 6.45) is 0. The highest BCUT2D eigenvalue weighted by Crippen LogP contribution is 2.60. The minimum Gasteiger partial charge on any atom is -0.457 e. The van der Waals surface area contributed by atoms with E-state index in [4.69, 9.17) is 4.74 Å².